The summed E-state index contributed by atoms with van der Waals surface area (Å²) in [7, 11) is 0. The van der Waals surface area contributed by atoms with Crippen LogP contribution >= 0.6 is 0 Å². The third kappa shape index (κ3) is 10.1. The molecule has 0 aliphatic rings. The highest BCUT2D eigenvalue weighted by Crippen LogP contribution is 2.06. The standard InChI is InChI=1S/C21H35N7O6/c1-3-17(29)15(6-4-5-7-22)27-21(34)16(8-13-10-24-11-25-13)28-19(32)12(2)26-20(33)14(23)9-18(30)31/h10-12,14-16H,3-9,22-23H2,1-2H3,(H,24,25)(H,26,33)(H,27,34)(H,28,32)(H,30,31). The highest BCUT2D eigenvalue weighted by molar-refractivity contribution is 5.95. The van der Waals surface area contributed by atoms with Gasteiger partial charge in [0.1, 0.15) is 12.1 Å². The Balaban J connectivity index is 2.89. The van der Waals surface area contributed by atoms with E-state index in [1.165, 1.54) is 19.4 Å². The van der Waals surface area contributed by atoms with Gasteiger partial charge in [-0.2, -0.15) is 0 Å². The maximum absolute atomic E-state index is 13.0. The summed E-state index contributed by atoms with van der Waals surface area (Å²) in [6.45, 7) is 3.55. The Morgan fingerprint density at radius 2 is 1.74 bits per heavy atom. The van der Waals surface area contributed by atoms with Gasteiger partial charge in [-0.25, -0.2) is 4.98 Å². The van der Waals surface area contributed by atoms with Crippen LogP contribution in [-0.2, 0) is 30.4 Å². The first-order chi connectivity index (χ1) is 16.1. The number of nitrogens with one attached hydrogen (secondary N) is 4. The van der Waals surface area contributed by atoms with Crippen LogP contribution in [-0.4, -0.2) is 75.3 Å². The summed E-state index contributed by atoms with van der Waals surface area (Å²) in [4.78, 5) is 67.5. The second-order valence-electron chi connectivity index (χ2n) is 7.94. The number of rotatable bonds is 16. The Labute approximate surface area is 197 Å². The highest BCUT2D eigenvalue weighted by atomic mass is 16.4. The first kappa shape index (κ1) is 28.7. The first-order valence-electron chi connectivity index (χ1n) is 11.2. The van der Waals surface area contributed by atoms with Crippen molar-refractivity contribution >= 4 is 29.5 Å². The number of hydrogen-bond acceptors (Lipinski definition) is 8. The van der Waals surface area contributed by atoms with E-state index in [4.69, 9.17) is 16.6 Å². The Kier molecular flexibility index (Phi) is 12.5. The number of nitrogens with two attached hydrogens (primary N) is 2. The van der Waals surface area contributed by atoms with E-state index in [0.717, 1.165) is 0 Å². The molecule has 0 spiro atoms. The molecule has 0 fully saturated rings. The molecule has 4 unspecified atom stereocenters. The van der Waals surface area contributed by atoms with E-state index in [2.05, 4.69) is 25.9 Å². The van der Waals surface area contributed by atoms with E-state index < -0.39 is 54.3 Å². The zero-order chi connectivity index (χ0) is 25.7. The third-order valence-corrected chi connectivity index (χ3v) is 5.10. The van der Waals surface area contributed by atoms with E-state index in [-0.39, 0.29) is 18.6 Å². The van der Waals surface area contributed by atoms with E-state index >= 15 is 0 Å². The second kappa shape index (κ2) is 14.8. The third-order valence-electron chi connectivity index (χ3n) is 5.10. The molecule has 34 heavy (non-hydrogen) atoms. The number of unbranched alkanes of at least 4 members (excludes halogenated alkanes) is 1. The summed E-state index contributed by atoms with van der Waals surface area (Å²) in [5.41, 5.74) is 11.6. The normalized spacial score (nSPS) is 14.4. The van der Waals surface area contributed by atoms with Crippen molar-refractivity contribution in [3.05, 3.63) is 18.2 Å². The fourth-order valence-corrected chi connectivity index (χ4v) is 3.11. The minimum Gasteiger partial charge on any atom is -0.481 e. The lowest BCUT2D eigenvalue weighted by Crippen LogP contribution is -2.57. The van der Waals surface area contributed by atoms with Gasteiger partial charge in [-0.05, 0) is 32.7 Å². The molecule has 190 valence electrons. The van der Waals surface area contributed by atoms with E-state index in [1.807, 2.05) is 0 Å². The number of aliphatic carboxylic acids is 1. The average Bonchev–Trinajstić information content (AvgIpc) is 3.29. The fourth-order valence-electron chi connectivity index (χ4n) is 3.11. The van der Waals surface area contributed by atoms with E-state index in [0.29, 0.717) is 31.5 Å². The minimum atomic E-state index is -1.33. The van der Waals surface area contributed by atoms with E-state index in [9.17, 15) is 24.0 Å². The van der Waals surface area contributed by atoms with Gasteiger partial charge in [-0.3, -0.25) is 24.0 Å². The van der Waals surface area contributed by atoms with Crippen LogP contribution in [0.2, 0.25) is 0 Å². The maximum atomic E-state index is 13.0. The fraction of sp³-hybridized carbons (Fsp3) is 0.619. The van der Waals surface area contributed by atoms with Crippen molar-refractivity contribution in [2.45, 2.75) is 76.5 Å². The molecule has 1 rings (SSSR count). The number of carbonyl (C=O) groups excluding carboxylic acids is 4. The van der Waals surface area contributed by atoms with Crippen molar-refractivity contribution in [1.82, 2.24) is 25.9 Å². The Bertz CT molecular complexity index is 830. The van der Waals surface area contributed by atoms with Crippen molar-refractivity contribution in [3.63, 3.8) is 0 Å². The zero-order valence-electron chi connectivity index (χ0n) is 19.5. The van der Waals surface area contributed by atoms with Crippen LogP contribution in [0.3, 0.4) is 0 Å². The van der Waals surface area contributed by atoms with Crippen molar-refractivity contribution in [3.8, 4) is 0 Å². The summed E-state index contributed by atoms with van der Waals surface area (Å²) in [5.74, 6) is -3.45. The van der Waals surface area contributed by atoms with Crippen molar-refractivity contribution in [2.24, 2.45) is 11.5 Å². The molecule has 1 heterocycles. The average molecular weight is 482 g/mol. The molecular formula is C21H35N7O6. The lowest BCUT2D eigenvalue weighted by Gasteiger charge is -2.24. The molecule has 0 saturated carbocycles. The molecule has 1 aromatic rings. The van der Waals surface area contributed by atoms with E-state index in [1.54, 1.807) is 6.92 Å². The lowest BCUT2D eigenvalue weighted by atomic mass is 10.0. The predicted molar refractivity (Wildman–Crippen MR) is 122 cm³/mol. The maximum Gasteiger partial charge on any atom is 0.305 e. The molecule has 0 saturated heterocycles. The number of ketones is 1. The summed E-state index contributed by atoms with van der Waals surface area (Å²) in [6.07, 6.45) is 4.42. The molecule has 9 N–H and O–H groups in total. The predicted octanol–water partition coefficient (Wildman–Crippen LogP) is -1.66. The van der Waals surface area contributed by atoms with Gasteiger partial charge in [0, 0.05) is 24.7 Å². The van der Waals surface area contributed by atoms with Crippen LogP contribution in [0.1, 0.15) is 51.6 Å². The first-order valence-corrected chi connectivity index (χ1v) is 11.2. The molecule has 0 radical (unpaired) electrons. The topological polar surface area (TPSA) is 222 Å². The summed E-state index contributed by atoms with van der Waals surface area (Å²) in [6, 6.07) is -4.20. The number of carbonyl (C=O) groups is 5. The summed E-state index contributed by atoms with van der Waals surface area (Å²) in [5, 5.41) is 16.4. The Hall–Kier alpha value is -3.32. The van der Waals surface area contributed by atoms with Gasteiger partial charge < -0.3 is 37.5 Å². The molecule has 3 amide bonds. The molecule has 13 heteroatoms. The number of Topliss-reactive ketones (excluding diaryl/α,β-unsaturated/α-hetero) is 1. The molecule has 0 aliphatic carbocycles. The molecule has 13 nitrogen and oxygen atoms in total. The molecule has 0 bridgehead atoms. The van der Waals surface area contributed by atoms with Crippen LogP contribution in [0.25, 0.3) is 0 Å². The second-order valence-corrected chi connectivity index (χ2v) is 7.94. The van der Waals surface area contributed by atoms with Crippen LogP contribution in [0.4, 0.5) is 0 Å². The number of nitrogens with zero attached hydrogens (tertiary/aromatic N) is 1. The zero-order valence-corrected chi connectivity index (χ0v) is 19.5. The number of H-pyrrole nitrogens is 1. The van der Waals surface area contributed by atoms with Gasteiger partial charge in [-0.1, -0.05) is 6.92 Å². The largest absolute Gasteiger partial charge is 0.481 e. The number of amides is 3. The molecular weight excluding hydrogens is 446 g/mol. The van der Waals surface area contributed by atoms with Crippen molar-refractivity contribution in [1.29, 1.82) is 0 Å². The lowest BCUT2D eigenvalue weighted by molar-refractivity contribution is -0.139. The Morgan fingerprint density at radius 3 is 2.29 bits per heavy atom. The van der Waals surface area contributed by atoms with Crippen LogP contribution in [0, 0.1) is 0 Å². The number of imidazole rings is 1. The number of aromatic amines is 1. The van der Waals surface area contributed by atoms with Crippen LogP contribution in [0.15, 0.2) is 12.5 Å². The van der Waals surface area contributed by atoms with Gasteiger partial charge in [0.15, 0.2) is 5.78 Å². The molecule has 0 aliphatic heterocycles. The molecule has 1 aromatic heterocycles. The number of carboxylic acids is 1. The molecule has 0 aromatic carbocycles. The van der Waals surface area contributed by atoms with Gasteiger partial charge in [0.25, 0.3) is 0 Å². The molecule has 4 atom stereocenters. The number of aromatic nitrogens is 2. The summed E-state index contributed by atoms with van der Waals surface area (Å²) < 4.78 is 0. The quantitative estimate of drug-likeness (QED) is 0.134. The van der Waals surface area contributed by atoms with Gasteiger partial charge in [0.05, 0.1) is 24.8 Å². The number of hydrogen-bond donors (Lipinski definition) is 7. The monoisotopic (exact) mass is 481 g/mol. The summed E-state index contributed by atoms with van der Waals surface area (Å²) >= 11 is 0. The smallest absolute Gasteiger partial charge is 0.305 e. The SMILES string of the molecule is CCC(=O)C(CCCCN)NC(=O)C(Cc1cnc[nH]1)NC(=O)C(C)NC(=O)C(N)CC(=O)O. The highest BCUT2D eigenvalue weighted by Gasteiger charge is 2.29. The van der Waals surface area contributed by atoms with Crippen LogP contribution < -0.4 is 27.4 Å². The van der Waals surface area contributed by atoms with Gasteiger partial charge in [0.2, 0.25) is 17.7 Å². The van der Waals surface area contributed by atoms with Crippen LogP contribution in [0.5, 0.6) is 0 Å². The van der Waals surface area contributed by atoms with Crippen molar-refractivity contribution < 1.29 is 29.1 Å². The number of carboxylic acid groups (broad SMARTS) is 1. The van der Waals surface area contributed by atoms with Gasteiger partial charge in [-0.15, -0.1) is 0 Å². The Morgan fingerprint density at radius 1 is 1.06 bits per heavy atom. The van der Waals surface area contributed by atoms with Gasteiger partial charge >= 0.3 is 5.97 Å². The minimum absolute atomic E-state index is 0.0621. The van der Waals surface area contributed by atoms with Crippen molar-refractivity contribution in [2.75, 3.05) is 6.54 Å².